The van der Waals surface area contributed by atoms with Gasteiger partial charge < -0.3 is 0 Å². The van der Waals surface area contributed by atoms with Gasteiger partial charge in [0.05, 0.1) is 0 Å². The van der Waals surface area contributed by atoms with Crippen LogP contribution in [0.3, 0.4) is 0 Å². The van der Waals surface area contributed by atoms with Gasteiger partial charge in [0.25, 0.3) is 0 Å². The van der Waals surface area contributed by atoms with Crippen molar-refractivity contribution in [3.8, 4) is 0 Å². The highest BCUT2D eigenvalue weighted by molar-refractivity contribution is 5.98. The summed E-state index contributed by atoms with van der Waals surface area (Å²) < 4.78 is 0. The summed E-state index contributed by atoms with van der Waals surface area (Å²) in [6.45, 7) is 3.67. The fourth-order valence-corrected chi connectivity index (χ4v) is 1.87. The minimum absolute atomic E-state index is 0.0615. The fourth-order valence-electron chi connectivity index (χ4n) is 1.87. The van der Waals surface area contributed by atoms with Crippen LogP contribution >= 0.6 is 0 Å². The quantitative estimate of drug-likeness (QED) is 0.414. The first-order valence-electron chi connectivity index (χ1n) is 5.68. The first-order valence-corrected chi connectivity index (χ1v) is 5.68. The van der Waals surface area contributed by atoms with Crippen molar-refractivity contribution in [3.05, 3.63) is 12.7 Å². The Hall–Kier alpha value is -1.12. The smallest absolute Gasteiger partial charge is 0.229 e. The number of carbonyl (C=O) groups is 2. The summed E-state index contributed by atoms with van der Waals surface area (Å²) in [6, 6.07) is 0. The van der Waals surface area contributed by atoms with Gasteiger partial charge in [-0.3, -0.25) is 14.9 Å². The van der Waals surface area contributed by atoms with Crippen LogP contribution in [0, 0.1) is 5.92 Å². The Labute approximate surface area is 90.9 Å². The number of unbranched alkanes of at least 4 members (excludes halogenated alkanes) is 3. The summed E-state index contributed by atoms with van der Waals surface area (Å²) in [5, 5.41) is 2.39. The zero-order valence-electron chi connectivity index (χ0n) is 9.13. The van der Waals surface area contributed by atoms with E-state index in [1.54, 1.807) is 0 Å². The van der Waals surface area contributed by atoms with Crippen molar-refractivity contribution in [2.24, 2.45) is 5.92 Å². The van der Waals surface area contributed by atoms with Crippen molar-refractivity contribution in [1.82, 2.24) is 5.32 Å². The van der Waals surface area contributed by atoms with Crippen LogP contribution in [-0.4, -0.2) is 11.8 Å². The first kappa shape index (κ1) is 12.0. The highest BCUT2D eigenvalue weighted by atomic mass is 16.2. The van der Waals surface area contributed by atoms with Gasteiger partial charge in [-0.15, -0.1) is 6.58 Å². The molecule has 0 spiro atoms. The van der Waals surface area contributed by atoms with E-state index >= 15 is 0 Å². The third-order valence-corrected chi connectivity index (χ3v) is 2.81. The van der Waals surface area contributed by atoms with E-state index < -0.39 is 0 Å². The van der Waals surface area contributed by atoms with Crippen molar-refractivity contribution in [2.75, 3.05) is 0 Å². The Morgan fingerprint density at radius 2 is 2.13 bits per heavy atom. The highest BCUT2D eigenvalue weighted by Gasteiger charge is 2.25. The third kappa shape index (κ3) is 4.28. The second-order valence-electron chi connectivity index (χ2n) is 4.07. The molecule has 1 fully saturated rings. The SMILES string of the molecule is C=CCCCCCC1CCC(=O)NC1=O. The molecule has 3 nitrogen and oxygen atoms in total. The summed E-state index contributed by atoms with van der Waals surface area (Å²) in [4.78, 5) is 22.3. The molecule has 84 valence electrons. The number of amides is 2. The van der Waals surface area contributed by atoms with E-state index in [1.165, 1.54) is 0 Å². The Balaban J connectivity index is 2.13. The lowest BCUT2D eigenvalue weighted by atomic mass is 9.92. The van der Waals surface area contributed by atoms with Gasteiger partial charge in [0, 0.05) is 12.3 Å². The van der Waals surface area contributed by atoms with Gasteiger partial charge in [0.1, 0.15) is 0 Å². The van der Waals surface area contributed by atoms with Crippen LogP contribution in [0.2, 0.25) is 0 Å². The lowest BCUT2D eigenvalue weighted by Crippen LogP contribution is -2.40. The molecular formula is C12H19NO2. The number of imide groups is 1. The van der Waals surface area contributed by atoms with Crippen molar-refractivity contribution in [2.45, 2.75) is 44.9 Å². The van der Waals surface area contributed by atoms with Crippen molar-refractivity contribution < 1.29 is 9.59 Å². The third-order valence-electron chi connectivity index (χ3n) is 2.81. The molecule has 0 saturated carbocycles. The largest absolute Gasteiger partial charge is 0.296 e. The second-order valence-corrected chi connectivity index (χ2v) is 4.07. The monoisotopic (exact) mass is 209 g/mol. The molecule has 1 heterocycles. The summed E-state index contributed by atoms with van der Waals surface area (Å²) in [5.74, 6) is -0.135. The van der Waals surface area contributed by atoms with Crippen LogP contribution < -0.4 is 5.32 Å². The molecule has 1 atom stereocenters. The Kier molecular flexibility index (Phi) is 5.08. The highest BCUT2D eigenvalue weighted by Crippen LogP contribution is 2.19. The lowest BCUT2D eigenvalue weighted by molar-refractivity contribution is -0.136. The molecule has 1 aliphatic rings. The van der Waals surface area contributed by atoms with E-state index in [1.807, 2.05) is 6.08 Å². The molecule has 3 heteroatoms. The average molecular weight is 209 g/mol. The average Bonchev–Trinajstić information content (AvgIpc) is 2.20. The molecule has 1 saturated heterocycles. The predicted molar refractivity (Wildman–Crippen MR) is 59.2 cm³/mol. The van der Waals surface area contributed by atoms with Crippen molar-refractivity contribution >= 4 is 11.8 Å². The molecule has 1 N–H and O–H groups in total. The van der Waals surface area contributed by atoms with E-state index in [-0.39, 0.29) is 17.7 Å². The maximum absolute atomic E-state index is 11.4. The van der Waals surface area contributed by atoms with Crippen LogP contribution in [0.1, 0.15) is 44.9 Å². The predicted octanol–water partition coefficient (Wildman–Crippen LogP) is 2.18. The van der Waals surface area contributed by atoms with E-state index in [9.17, 15) is 9.59 Å². The molecule has 1 rings (SSSR count). The zero-order chi connectivity index (χ0) is 11.1. The molecule has 0 aliphatic carbocycles. The molecule has 1 unspecified atom stereocenters. The standard InChI is InChI=1S/C12H19NO2/c1-2-3-4-5-6-7-10-8-9-11(14)13-12(10)15/h2,10H,1,3-9H2,(H,13,14,15). The number of rotatable bonds is 6. The van der Waals surface area contributed by atoms with Crippen LogP contribution in [0.5, 0.6) is 0 Å². The summed E-state index contributed by atoms with van der Waals surface area (Å²) >= 11 is 0. The molecular weight excluding hydrogens is 190 g/mol. The maximum atomic E-state index is 11.4. The topological polar surface area (TPSA) is 46.2 Å². The van der Waals surface area contributed by atoms with Crippen LogP contribution in [0.25, 0.3) is 0 Å². The number of hydrogen-bond acceptors (Lipinski definition) is 2. The van der Waals surface area contributed by atoms with Crippen LogP contribution in [0.4, 0.5) is 0 Å². The lowest BCUT2D eigenvalue weighted by Gasteiger charge is -2.20. The number of nitrogens with one attached hydrogen (secondary N) is 1. The number of piperidine rings is 1. The molecule has 0 aromatic carbocycles. The van der Waals surface area contributed by atoms with Gasteiger partial charge in [0.2, 0.25) is 11.8 Å². The van der Waals surface area contributed by atoms with Crippen LogP contribution in [0.15, 0.2) is 12.7 Å². The van der Waals surface area contributed by atoms with Gasteiger partial charge in [-0.1, -0.05) is 18.9 Å². The molecule has 0 bridgehead atoms. The number of hydrogen-bond donors (Lipinski definition) is 1. The number of allylic oxidation sites excluding steroid dienone is 1. The summed E-state index contributed by atoms with van der Waals surface area (Å²) in [6.07, 6.45) is 8.48. The Bertz CT molecular complexity index is 248. The van der Waals surface area contributed by atoms with Crippen molar-refractivity contribution in [1.29, 1.82) is 0 Å². The van der Waals surface area contributed by atoms with Crippen LogP contribution in [-0.2, 0) is 9.59 Å². The van der Waals surface area contributed by atoms with E-state index in [0.717, 1.165) is 38.5 Å². The molecule has 0 aromatic rings. The molecule has 2 amide bonds. The molecule has 0 aromatic heterocycles. The Morgan fingerprint density at radius 1 is 1.33 bits per heavy atom. The number of carbonyl (C=O) groups excluding carboxylic acids is 2. The normalized spacial score (nSPS) is 21.2. The minimum atomic E-state index is -0.122. The van der Waals surface area contributed by atoms with Gasteiger partial charge in [-0.2, -0.15) is 0 Å². The maximum Gasteiger partial charge on any atom is 0.229 e. The van der Waals surface area contributed by atoms with E-state index in [0.29, 0.717) is 6.42 Å². The first-order chi connectivity index (χ1) is 7.24. The van der Waals surface area contributed by atoms with Gasteiger partial charge >= 0.3 is 0 Å². The van der Waals surface area contributed by atoms with Crippen molar-refractivity contribution in [3.63, 3.8) is 0 Å². The summed E-state index contributed by atoms with van der Waals surface area (Å²) in [5.41, 5.74) is 0. The van der Waals surface area contributed by atoms with Gasteiger partial charge in [-0.05, 0) is 25.7 Å². The zero-order valence-corrected chi connectivity index (χ0v) is 9.13. The fraction of sp³-hybridized carbons (Fsp3) is 0.667. The minimum Gasteiger partial charge on any atom is -0.296 e. The second kappa shape index (κ2) is 6.38. The Morgan fingerprint density at radius 3 is 2.80 bits per heavy atom. The van der Waals surface area contributed by atoms with E-state index in [2.05, 4.69) is 11.9 Å². The molecule has 15 heavy (non-hydrogen) atoms. The molecule has 1 aliphatic heterocycles. The summed E-state index contributed by atoms with van der Waals surface area (Å²) in [7, 11) is 0. The van der Waals surface area contributed by atoms with E-state index in [4.69, 9.17) is 0 Å². The van der Waals surface area contributed by atoms with Gasteiger partial charge in [-0.25, -0.2) is 0 Å². The van der Waals surface area contributed by atoms with Gasteiger partial charge in [0.15, 0.2) is 0 Å². The molecule has 0 radical (unpaired) electrons.